The molecule has 0 bridgehead atoms. The van der Waals surface area contributed by atoms with Crippen LogP contribution in [-0.4, -0.2) is 15.9 Å². The van der Waals surface area contributed by atoms with Crippen molar-refractivity contribution in [2.75, 3.05) is 5.32 Å². The first kappa shape index (κ1) is 12.4. The van der Waals surface area contributed by atoms with E-state index in [1.165, 1.54) is 0 Å². The van der Waals surface area contributed by atoms with Gasteiger partial charge in [0.25, 0.3) is 0 Å². The van der Waals surface area contributed by atoms with Crippen molar-refractivity contribution in [3.05, 3.63) is 48.8 Å². The van der Waals surface area contributed by atoms with Gasteiger partial charge in [-0.15, -0.1) is 0 Å². The largest absolute Gasteiger partial charge is 0.344 e. The smallest absolute Gasteiger partial charge is 0.224 e. The van der Waals surface area contributed by atoms with Crippen molar-refractivity contribution in [1.29, 1.82) is 0 Å². The number of benzene rings is 1. The number of hydrogen-bond donors (Lipinski definition) is 2. The predicted octanol–water partition coefficient (Wildman–Crippen LogP) is 3.58. The molecule has 0 spiro atoms. The van der Waals surface area contributed by atoms with Gasteiger partial charge in [0.2, 0.25) is 5.91 Å². The van der Waals surface area contributed by atoms with Crippen molar-refractivity contribution in [3.8, 4) is 11.1 Å². The molecule has 2 aromatic heterocycles. The molecule has 1 amide bonds. The van der Waals surface area contributed by atoms with Crippen molar-refractivity contribution in [2.45, 2.75) is 13.3 Å². The zero-order valence-electron chi connectivity index (χ0n) is 11.2. The Hall–Kier alpha value is -2.62. The molecular formula is C16H15N3O. The number of nitrogens with one attached hydrogen (secondary N) is 2. The van der Waals surface area contributed by atoms with E-state index >= 15 is 0 Å². The summed E-state index contributed by atoms with van der Waals surface area (Å²) in [4.78, 5) is 19.0. The first-order chi connectivity index (χ1) is 9.78. The minimum atomic E-state index is -0.00369. The maximum absolute atomic E-state index is 11.5. The zero-order chi connectivity index (χ0) is 13.9. The molecule has 4 nitrogen and oxygen atoms in total. The predicted molar refractivity (Wildman–Crippen MR) is 80.5 cm³/mol. The van der Waals surface area contributed by atoms with Gasteiger partial charge >= 0.3 is 0 Å². The van der Waals surface area contributed by atoms with E-state index in [9.17, 15) is 4.79 Å². The number of anilines is 1. The fraction of sp³-hybridized carbons (Fsp3) is 0.125. The van der Waals surface area contributed by atoms with E-state index in [0.717, 1.165) is 27.8 Å². The lowest BCUT2D eigenvalue weighted by atomic mass is 10.1. The summed E-state index contributed by atoms with van der Waals surface area (Å²) in [6.07, 6.45) is 4.07. The molecule has 0 saturated carbocycles. The summed E-state index contributed by atoms with van der Waals surface area (Å²) in [5.41, 5.74) is 3.69. The Bertz CT molecular complexity index is 747. The molecule has 0 radical (unpaired) electrons. The molecule has 3 rings (SSSR count). The molecule has 2 N–H and O–H groups in total. The van der Waals surface area contributed by atoms with Crippen LogP contribution in [0.25, 0.3) is 22.2 Å². The molecule has 0 aliphatic rings. The van der Waals surface area contributed by atoms with Crippen LogP contribution in [0.1, 0.15) is 13.3 Å². The number of aromatic nitrogens is 2. The van der Waals surface area contributed by atoms with Gasteiger partial charge in [0, 0.05) is 29.8 Å². The van der Waals surface area contributed by atoms with E-state index in [4.69, 9.17) is 0 Å². The van der Waals surface area contributed by atoms with Crippen LogP contribution in [0.15, 0.2) is 48.8 Å². The molecule has 0 atom stereocenters. The van der Waals surface area contributed by atoms with Gasteiger partial charge in [-0.2, -0.15) is 0 Å². The van der Waals surface area contributed by atoms with Crippen molar-refractivity contribution >= 4 is 22.6 Å². The number of carbonyl (C=O) groups is 1. The van der Waals surface area contributed by atoms with Crippen molar-refractivity contribution in [2.24, 2.45) is 0 Å². The molecule has 0 aliphatic heterocycles. The van der Waals surface area contributed by atoms with Gasteiger partial charge in [-0.1, -0.05) is 37.3 Å². The van der Waals surface area contributed by atoms with E-state index < -0.39 is 0 Å². The van der Waals surface area contributed by atoms with E-state index in [-0.39, 0.29) is 5.91 Å². The maximum atomic E-state index is 11.5. The third-order valence-corrected chi connectivity index (χ3v) is 3.23. The van der Waals surface area contributed by atoms with Crippen LogP contribution < -0.4 is 5.32 Å². The molecule has 0 saturated heterocycles. The second-order valence-corrected chi connectivity index (χ2v) is 4.59. The van der Waals surface area contributed by atoms with Crippen LogP contribution in [0.4, 0.5) is 5.69 Å². The van der Waals surface area contributed by atoms with Crippen LogP contribution in [0.2, 0.25) is 0 Å². The van der Waals surface area contributed by atoms with Crippen LogP contribution in [0, 0.1) is 0 Å². The number of pyridine rings is 1. The highest BCUT2D eigenvalue weighted by Crippen LogP contribution is 2.27. The highest BCUT2D eigenvalue weighted by atomic mass is 16.1. The summed E-state index contributed by atoms with van der Waals surface area (Å²) in [6, 6.07) is 12.1. The summed E-state index contributed by atoms with van der Waals surface area (Å²) < 4.78 is 0. The molecule has 0 fully saturated rings. The second-order valence-electron chi connectivity index (χ2n) is 4.59. The fourth-order valence-electron chi connectivity index (χ4n) is 2.13. The van der Waals surface area contributed by atoms with Crippen molar-refractivity contribution in [3.63, 3.8) is 0 Å². The lowest BCUT2D eigenvalue weighted by Gasteiger charge is -2.04. The Morgan fingerprint density at radius 1 is 1.25 bits per heavy atom. The Morgan fingerprint density at radius 2 is 2.05 bits per heavy atom. The summed E-state index contributed by atoms with van der Waals surface area (Å²) >= 11 is 0. The maximum Gasteiger partial charge on any atom is 0.224 e. The summed E-state index contributed by atoms with van der Waals surface area (Å²) in [7, 11) is 0. The fourth-order valence-corrected chi connectivity index (χ4v) is 2.13. The lowest BCUT2D eigenvalue weighted by molar-refractivity contribution is -0.115. The number of nitrogens with zero attached hydrogens (tertiary/aromatic N) is 1. The molecule has 0 aliphatic carbocycles. The molecule has 0 unspecified atom stereocenters. The molecule has 20 heavy (non-hydrogen) atoms. The molecule has 1 aromatic carbocycles. The van der Waals surface area contributed by atoms with Gasteiger partial charge < -0.3 is 10.3 Å². The van der Waals surface area contributed by atoms with Crippen molar-refractivity contribution in [1.82, 2.24) is 9.97 Å². The molecular weight excluding hydrogens is 250 g/mol. The highest BCUT2D eigenvalue weighted by Gasteiger charge is 2.08. The van der Waals surface area contributed by atoms with Crippen molar-refractivity contribution < 1.29 is 4.79 Å². The number of fused-ring (bicyclic) bond motifs is 1. The van der Waals surface area contributed by atoms with Crippen LogP contribution >= 0.6 is 0 Å². The molecule has 2 heterocycles. The van der Waals surface area contributed by atoms with Gasteiger partial charge in [0.1, 0.15) is 5.65 Å². The zero-order valence-corrected chi connectivity index (χ0v) is 11.2. The van der Waals surface area contributed by atoms with Gasteiger partial charge in [-0.3, -0.25) is 4.79 Å². The summed E-state index contributed by atoms with van der Waals surface area (Å²) in [5, 5.41) is 3.81. The SMILES string of the molecule is CCC(=O)Nc1c[nH]c2ncc(-c3ccccc3)cc12. The Morgan fingerprint density at radius 3 is 2.80 bits per heavy atom. The summed E-state index contributed by atoms with van der Waals surface area (Å²) in [5.74, 6) is -0.00369. The monoisotopic (exact) mass is 265 g/mol. The topological polar surface area (TPSA) is 57.8 Å². The first-order valence-corrected chi connectivity index (χ1v) is 6.60. The number of aromatic amines is 1. The minimum absolute atomic E-state index is 0.00369. The van der Waals surface area contributed by atoms with Gasteiger partial charge in [-0.25, -0.2) is 4.98 Å². The third kappa shape index (κ3) is 2.28. The molecule has 100 valence electrons. The number of carbonyl (C=O) groups excluding carboxylic acids is 1. The average molecular weight is 265 g/mol. The van der Waals surface area contributed by atoms with Gasteiger partial charge in [0.05, 0.1) is 5.69 Å². The van der Waals surface area contributed by atoms with Crippen LogP contribution in [-0.2, 0) is 4.79 Å². The Kier molecular flexibility index (Phi) is 3.21. The number of amides is 1. The highest BCUT2D eigenvalue weighted by molar-refractivity contribution is 6.01. The van der Waals surface area contributed by atoms with Crippen LogP contribution in [0.5, 0.6) is 0 Å². The molecule has 4 heteroatoms. The normalized spacial score (nSPS) is 10.7. The lowest BCUT2D eigenvalue weighted by Crippen LogP contribution is -2.08. The first-order valence-electron chi connectivity index (χ1n) is 6.60. The Labute approximate surface area is 116 Å². The number of H-pyrrole nitrogens is 1. The quantitative estimate of drug-likeness (QED) is 0.760. The van der Waals surface area contributed by atoms with E-state index in [1.54, 1.807) is 6.20 Å². The van der Waals surface area contributed by atoms with Gasteiger partial charge in [-0.05, 0) is 11.6 Å². The number of hydrogen-bond acceptors (Lipinski definition) is 2. The second kappa shape index (κ2) is 5.17. The van der Waals surface area contributed by atoms with E-state index in [0.29, 0.717) is 6.42 Å². The summed E-state index contributed by atoms with van der Waals surface area (Å²) in [6.45, 7) is 1.83. The average Bonchev–Trinajstić information content (AvgIpc) is 2.90. The standard InChI is InChI=1S/C16H15N3O/c1-2-15(20)19-14-10-18-16-13(14)8-12(9-17-16)11-6-4-3-5-7-11/h3-10H,2H2,1H3,(H,17,18)(H,19,20). The van der Waals surface area contributed by atoms with E-state index in [2.05, 4.69) is 15.3 Å². The Balaban J connectivity index is 2.05. The third-order valence-electron chi connectivity index (χ3n) is 3.23. The number of rotatable bonds is 3. The van der Waals surface area contributed by atoms with Gasteiger partial charge in [0.15, 0.2) is 0 Å². The van der Waals surface area contributed by atoms with E-state index in [1.807, 2.05) is 49.5 Å². The minimum Gasteiger partial charge on any atom is -0.344 e. The molecule has 3 aromatic rings. The van der Waals surface area contributed by atoms with Crippen LogP contribution in [0.3, 0.4) is 0 Å².